The van der Waals surface area contributed by atoms with Gasteiger partial charge in [0, 0.05) is 12.7 Å². The highest BCUT2D eigenvalue weighted by Gasteiger charge is 2.28. The van der Waals surface area contributed by atoms with Crippen molar-refractivity contribution in [1.29, 1.82) is 0 Å². The molecule has 0 amide bonds. The van der Waals surface area contributed by atoms with E-state index in [0.717, 1.165) is 6.42 Å². The van der Waals surface area contributed by atoms with Crippen LogP contribution in [0.5, 0.6) is 0 Å². The molecule has 0 saturated carbocycles. The van der Waals surface area contributed by atoms with Crippen LogP contribution in [0.15, 0.2) is 6.20 Å². The number of carboxylic acids is 1. The molecular weight excluding hydrogens is 278 g/mol. The number of aryl methyl sites for hydroxylation is 3. The lowest BCUT2D eigenvalue weighted by Gasteiger charge is -2.04. The van der Waals surface area contributed by atoms with Crippen LogP contribution in [0.2, 0.25) is 0 Å². The Morgan fingerprint density at radius 2 is 2.05 bits per heavy atom. The second kappa shape index (κ2) is 5.35. The molecule has 0 radical (unpaired) electrons. The first-order valence-corrected chi connectivity index (χ1v) is 6.38. The summed E-state index contributed by atoms with van der Waals surface area (Å²) in [6.07, 6.45) is 2.00. The van der Waals surface area contributed by atoms with Gasteiger partial charge in [0.25, 0.3) is 0 Å². The molecule has 0 fully saturated rings. The molecule has 0 unspecified atom stereocenters. The molecular formula is C12H15N5O4. The Hall–Kier alpha value is -2.71. The molecule has 2 aromatic heterocycles. The number of hydrogen-bond donors (Lipinski definition) is 1. The van der Waals surface area contributed by atoms with Crippen LogP contribution in [-0.2, 0) is 6.54 Å². The SMILES string of the molecule is CCCn1nc(C)c([N+](=O)[O-])c1-n1cc(C(=O)O)c(C)n1. The van der Waals surface area contributed by atoms with Gasteiger partial charge in [-0.05, 0) is 20.3 Å². The third kappa shape index (κ3) is 2.49. The minimum Gasteiger partial charge on any atom is -0.478 e. The molecule has 21 heavy (non-hydrogen) atoms. The molecule has 1 N–H and O–H groups in total. The molecule has 0 aliphatic carbocycles. The summed E-state index contributed by atoms with van der Waals surface area (Å²) >= 11 is 0. The molecule has 2 heterocycles. The molecule has 2 aromatic rings. The van der Waals surface area contributed by atoms with Crippen LogP contribution < -0.4 is 0 Å². The number of aromatic carboxylic acids is 1. The van der Waals surface area contributed by atoms with E-state index in [9.17, 15) is 14.9 Å². The fourth-order valence-electron chi connectivity index (χ4n) is 2.15. The molecule has 0 aliphatic heterocycles. The summed E-state index contributed by atoms with van der Waals surface area (Å²) in [7, 11) is 0. The zero-order chi connectivity index (χ0) is 15.7. The molecule has 9 nitrogen and oxygen atoms in total. The van der Waals surface area contributed by atoms with E-state index in [-0.39, 0.29) is 22.8 Å². The van der Waals surface area contributed by atoms with E-state index in [4.69, 9.17) is 5.11 Å². The van der Waals surface area contributed by atoms with Gasteiger partial charge in [0.1, 0.15) is 11.3 Å². The van der Waals surface area contributed by atoms with Crippen LogP contribution in [0.25, 0.3) is 5.82 Å². The summed E-state index contributed by atoms with van der Waals surface area (Å²) in [5.41, 5.74) is 0.404. The Morgan fingerprint density at radius 3 is 2.52 bits per heavy atom. The smallest absolute Gasteiger partial charge is 0.339 e. The Labute approximate surface area is 120 Å². The maximum absolute atomic E-state index is 11.3. The number of carbonyl (C=O) groups is 1. The van der Waals surface area contributed by atoms with Gasteiger partial charge in [-0.25, -0.2) is 14.2 Å². The third-order valence-electron chi connectivity index (χ3n) is 3.03. The summed E-state index contributed by atoms with van der Waals surface area (Å²) < 4.78 is 2.69. The standard InChI is InChI=1S/C12H15N5O4/c1-4-5-15-11(10(17(20)21)8(3)14-15)16-6-9(12(18)19)7(2)13-16/h6H,4-5H2,1-3H3,(H,18,19). The Morgan fingerprint density at radius 1 is 1.38 bits per heavy atom. The van der Waals surface area contributed by atoms with Crippen molar-refractivity contribution in [1.82, 2.24) is 19.6 Å². The first kappa shape index (κ1) is 14.7. The van der Waals surface area contributed by atoms with Crippen molar-refractivity contribution in [3.8, 4) is 5.82 Å². The minimum atomic E-state index is -1.13. The second-order valence-electron chi connectivity index (χ2n) is 4.62. The number of nitro groups is 1. The summed E-state index contributed by atoms with van der Waals surface area (Å²) in [5, 5.41) is 28.5. The van der Waals surface area contributed by atoms with E-state index >= 15 is 0 Å². The van der Waals surface area contributed by atoms with Gasteiger partial charge in [-0.1, -0.05) is 6.92 Å². The van der Waals surface area contributed by atoms with Crippen LogP contribution in [0.4, 0.5) is 5.69 Å². The summed E-state index contributed by atoms with van der Waals surface area (Å²) in [5.74, 6) is -0.949. The first-order valence-electron chi connectivity index (χ1n) is 6.38. The molecule has 9 heteroatoms. The largest absolute Gasteiger partial charge is 0.478 e. The van der Waals surface area contributed by atoms with Crippen molar-refractivity contribution < 1.29 is 14.8 Å². The number of nitrogens with zero attached hydrogens (tertiary/aromatic N) is 5. The number of aromatic nitrogens is 4. The Bertz CT molecular complexity index is 716. The third-order valence-corrected chi connectivity index (χ3v) is 3.03. The molecule has 2 rings (SSSR count). The minimum absolute atomic E-state index is 0.00574. The monoisotopic (exact) mass is 293 g/mol. The average Bonchev–Trinajstić information content (AvgIpc) is 2.90. The zero-order valence-electron chi connectivity index (χ0n) is 11.9. The molecule has 0 spiro atoms. The maximum atomic E-state index is 11.3. The number of carboxylic acid groups (broad SMARTS) is 1. The van der Waals surface area contributed by atoms with Gasteiger partial charge in [0.05, 0.1) is 10.6 Å². The zero-order valence-corrected chi connectivity index (χ0v) is 11.9. The van der Waals surface area contributed by atoms with E-state index in [1.807, 2.05) is 6.92 Å². The predicted molar refractivity (Wildman–Crippen MR) is 72.7 cm³/mol. The van der Waals surface area contributed by atoms with Crippen LogP contribution >= 0.6 is 0 Å². The van der Waals surface area contributed by atoms with Crippen molar-refractivity contribution in [3.05, 3.63) is 33.3 Å². The quantitative estimate of drug-likeness (QED) is 0.662. The molecule has 0 aromatic carbocycles. The lowest BCUT2D eigenvalue weighted by Crippen LogP contribution is -2.09. The second-order valence-corrected chi connectivity index (χ2v) is 4.62. The summed E-state index contributed by atoms with van der Waals surface area (Å²) in [6.45, 7) is 5.48. The molecule has 112 valence electrons. The highest BCUT2D eigenvalue weighted by molar-refractivity contribution is 5.88. The fourth-order valence-corrected chi connectivity index (χ4v) is 2.15. The highest BCUT2D eigenvalue weighted by Crippen LogP contribution is 2.27. The highest BCUT2D eigenvalue weighted by atomic mass is 16.6. The molecule has 0 bridgehead atoms. The van der Waals surface area contributed by atoms with E-state index in [1.54, 1.807) is 13.8 Å². The van der Waals surface area contributed by atoms with Gasteiger partial charge >= 0.3 is 11.7 Å². The molecule has 0 aliphatic rings. The topological polar surface area (TPSA) is 116 Å². The van der Waals surface area contributed by atoms with Crippen molar-refractivity contribution in [2.75, 3.05) is 0 Å². The fraction of sp³-hybridized carbons (Fsp3) is 0.417. The number of rotatable bonds is 5. The van der Waals surface area contributed by atoms with E-state index in [2.05, 4.69) is 10.2 Å². The summed E-state index contributed by atoms with van der Waals surface area (Å²) in [6, 6.07) is 0. The van der Waals surface area contributed by atoms with E-state index < -0.39 is 10.9 Å². The Kier molecular flexibility index (Phi) is 3.74. The maximum Gasteiger partial charge on any atom is 0.339 e. The van der Waals surface area contributed by atoms with E-state index in [0.29, 0.717) is 12.2 Å². The van der Waals surface area contributed by atoms with Crippen molar-refractivity contribution in [2.24, 2.45) is 0 Å². The van der Waals surface area contributed by atoms with Crippen molar-refractivity contribution in [3.63, 3.8) is 0 Å². The lowest BCUT2D eigenvalue weighted by molar-refractivity contribution is -0.385. The van der Waals surface area contributed by atoms with Gasteiger partial charge in [-0.2, -0.15) is 10.2 Å². The first-order chi connectivity index (χ1) is 9.86. The van der Waals surface area contributed by atoms with E-state index in [1.165, 1.54) is 15.6 Å². The van der Waals surface area contributed by atoms with Gasteiger partial charge < -0.3 is 5.11 Å². The summed E-state index contributed by atoms with van der Waals surface area (Å²) in [4.78, 5) is 21.8. The number of hydrogen-bond acceptors (Lipinski definition) is 5. The van der Waals surface area contributed by atoms with Gasteiger partial charge in [-0.3, -0.25) is 10.1 Å². The van der Waals surface area contributed by atoms with Crippen LogP contribution in [0, 0.1) is 24.0 Å². The molecule has 0 atom stereocenters. The van der Waals surface area contributed by atoms with Crippen molar-refractivity contribution >= 4 is 11.7 Å². The van der Waals surface area contributed by atoms with Crippen LogP contribution in [0.1, 0.15) is 35.1 Å². The van der Waals surface area contributed by atoms with Gasteiger partial charge in [0.15, 0.2) is 0 Å². The normalized spacial score (nSPS) is 10.8. The molecule has 0 saturated heterocycles. The average molecular weight is 293 g/mol. The predicted octanol–water partition coefficient (Wildman–Crippen LogP) is 1.70. The van der Waals surface area contributed by atoms with Crippen molar-refractivity contribution in [2.45, 2.75) is 33.7 Å². The Balaban J connectivity index is 2.69. The van der Waals surface area contributed by atoms with Crippen LogP contribution in [-0.4, -0.2) is 35.6 Å². The lowest BCUT2D eigenvalue weighted by atomic mass is 10.3. The van der Waals surface area contributed by atoms with Gasteiger partial charge in [0.2, 0.25) is 5.82 Å². The van der Waals surface area contributed by atoms with Crippen LogP contribution in [0.3, 0.4) is 0 Å². The van der Waals surface area contributed by atoms with Gasteiger partial charge in [-0.15, -0.1) is 0 Å².